The molecule has 0 atom stereocenters. The van der Waals surface area contributed by atoms with Gasteiger partial charge in [-0.1, -0.05) is 11.3 Å². The molecule has 0 spiro atoms. The molecule has 132 valence electrons. The predicted molar refractivity (Wildman–Crippen MR) is 94.9 cm³/mol. The van der Waals surface area contributed by atoms with E-state index in [4.69, 9.17) is 4.74 Å². The van der Waals surface area contributed by atoms with Crippen molar-refractivity contribution in [3.8, 4) is 0 Å². The molecule has 0 radical (unpaired) electrons. The molecule has 7 nitrogen and oxygen atoms in total. The minimum atomic E-state index is -0.568. The highest BCUT2D eigenvalue weighted by molar-refractivity contribution is 7.22. The summed E-state index contributed by atoms with van der Waals surface area (Å²) in [6, 6.07) is 4.64. The van der Waals surface area contributed by atoms with E-state index in [2.05, 4.69) is 10.3 Å². The van der Waals surface area contributed by atoms with Gasteiger partial charge in [0.05, 0.1) is 15.8 Å². The molecular formula is C17H19N3O4S. The molecule has 1 aromatic carbocycles. The number of hydrogen-bond acceptors (Lipinski definition) is 6. The molecule has 1 saturated heterocycles. The number of anilines is 1. The summed E-state index contributed by atoms with van der Waals surface area (Å²) < 4.78 is 6.15. The maximum atomic E-state index is 12.2. The number of rotatable bonds is 2. The average Bonchev–Trinajstić information content (AvgIpc) is 2.84. The Kier molecular flexibility index (Phi) is 4.47. The molecule has 2 heterocycles. The Morgan fingerprint density at radius 1 is 1.32 bits per heavy atom. The summed E-state index contributed by atoms with van der Waals surface area (Å²) >= 11 is 1.30. The van der Waals surface area contributed by atoms with Crippen molar-refractivity contribution in [2.24, 2.45) is 0 Å². The SMILES string of the molecule is CC(C)(C)OC(=O)c1ccc2nc(N3CCCC(=O)NC3=O)sc2c1. The minimum Gasteiger partial charge on any atom is -0.456 e. The van der Waals surface area contributed by atoms with Crippen LogP contribution in [0.4, 0.5) is 9.93 Å². The van der Waals surface area contributed by atoms with Gasteiger partial charge in [0, 0.05) is 13.0 Å². The van der Waals surface area contributed by atoms with Gasteiger partial charge in [-0.05, 0) is 45.4 Å². The summed E-state index contributed by atoms with van der Waals surface area (Å²) in [5.41, 5.74) is 0.561. The Bertz CT molecular complexity index is 853. The number of imide groups is 1. The number of benzene rings is 1. The highest BCUT2D eigenvalue weighted by atomic mass is 32.1. The van der Waals surface area contributed by atoms with Gasteiger partial charge in [-0.2, -0.15) is 0 Å². The first kappa shape index (κ1) is 17.3. The molecule has 3 rings (SSSR count). The zero-order valence-corrected chi connectivity index (χ0v) is 15.1. The van der Waals surface area contributed by atoms with E-state index in [-0.39, 0.29) is 5.91 Å². The van der Waals surface area contributed by atoms with Gasteiger partial charge in [0.1, 0.15) is 5.60 Å². The summed E-state index contributed by atoms with van der Waals surface area (Å²) in [5.74, 6) is -0.678. The smallest absolute Gasteiger partial charge is 0.338 e. The van der Waals surface area contributed by atoms with Crippen molar-refractivity contribution >= 4 is 44.6 Å². The second kappa shape index (κ2) is 6.44. The molecule has 0 aliphatic carbocycles. The summed E-state index contributed by atoms with van der Waals surface area (Å²) in [6.45, 7) is 5.87. The number of hydrogen-bond donors (Lipinski definition) is 1. The largest absolute Gasteiger partial charge is 0.456 e. The van der Waals surface area contributed by atoms with Crippen molar-refractivity contribution in [3.05, 3.63) is 23.8 Å². The van der Waals surface area contributed by atoms with Crippen LogP contribution in [0.15, 0.2) is 18.2 Å². The molecule has 0 saturated carbocycles. The van der Waals surface area contributed by atoms with Gasteiger partial charge in [0.15, 0.2) is 5.13 Å². The number of carbonyl (C=O) groups excluding carboxylic acids is 3. The lowest BCUT2D eigenvalue weighted by Crippen LogP contribution is -2.40. The highest BCUT2D eigenvalue weighted by Crippen LogP contribution is 2.30. The molecule has 2 aromatic rings. The zero-order valence-electron chi connectivity index (χ0n) is 14.3. The standard InChI is InChI=1S/C17H19N3O4S/c1-17(2,3)24-14(22)10-6-7-11-12(9-10)25-16(18-11)20-8-4-5-13(21)19-15(20)23/h6-7,9H,4-5,8H2,1-3H3,(H,19,21,23). The lowest BCUT2D eigenvalue weighted by atomic mass is 10.1. The van der Waals surface area contributed by atoms with Crippen LogP contribution in [0.1, 0.15) is 44.0 Å². The summed E-state index contributed by atoms with van der Waals surface area (Å²) in [7, 11) is 0. The monoisotopic (exact) mass is 361 g/mol. The molecular weight excluding hydrogens is 342 g/mol. The molecule has 25 heavy (non-hydrogen) atoms. The number of fused-ring (bicyclic) bond motifs is 1. The van der Waals surface area contributed by atoms with Crippen molar-refractivity contribution in [2.45, 2.75) is 39.2 Å². The number of carbonyl (C=O) groups is 3. The van der Waals surface area contributed by atoms with Gasteiger partial charge in [-0.3, -0.25) is 15.0 Å². The fraction of sp³-hybridized carbons (Fsp3) is 0.412. The normalized spacial score (nSPS) is 15.9. The molecule has 3 amide bonds. The molecule has 1 aliphatic rings. The minimum absolute atomic E-state index is 0.277. The van der Waals surface area contributed by atoms with E-state index in [0.717, 1.165) is 4.70 Å². The fourth-order valence-electron chi connectivity index (χ4n) is 2.42. The number of aromatic nitrogens is 1. The number of ether oxygens (including phenoxy) is 1. The number of amides is 3. The zero-order chi connectivity index (χ0) is 18.2. The van der Waals surface area contributed by atoms with Crippen molar-refractivity contribution in [1.29, 1.82) is 0 Å². The van der Waals surface area contributed by atoms with E-state index in [1.807, 2.05) is 20.8 Å². The first-order valence-electron chi connectivity index (χ1n) is 7.98. The molecule has 0 bridgehead atoms. The van der Waals surface area contributed by atoms with Gasteiger partial charge in [-0.15, -0.1) is 0 Å². The summed E-state index contributed by atoms with van der Waals surface area (Å²) in [6.07, 6.45) is 0.895. The van der Waals surface area contributed by atoms with E-state index in [9.17, 15) is 14.4 Å². The van der Waals surface area contributed by atoms with Crippen LogP contribution in [0, 0.1) is 0 Å². The Labute approximate surface area is 149 Å². The quantitative estimate of drug-likeness (QED) is 0.831. The maximum absolute atomic E-state index is 12.2. The van der Waals surface area contributed by atoms with Crippen LogP contribution < -0.4 is 10.2 Å². The molecule has 1 fully saturated rings. The number of nitrogens with zero attached hydrogens (tertiary/aromatic N) is 2. The number of nitrogens with one attached hydrogen (secondary N) is 1. The van der Waals surface area contributed by atoms with E-state index < -0.39 is 17.6 Å². The van der Waals surface area contributed by atoms with Crippen LogP contribution in [0.3, 0.4) is 0 Å². The highest BCUT2D eigenvalue weighted by Gasteiger charge is 2.25. The van der Waals surface area contributed by atoms with Crippen LogP contribution >= 0.6 is 11.3 Å². The van der Waals surface area contributed by atoms with E-state index in [1.54, 1.807) is 18.2 Å². The van der Waals surface area contributed by atoms with Crippen molar-refractivity contribution in [3.63, 3.8) is 0 Å². The van der Waals surface area contributed by atoms with Crippen LogP contribution in [0.5, 0.6) is 0 Å². The molecule has 1 aliphatic heterocycles. The van der Waals surface area contributed by atoms with Crippen LogP contribution in [-0.2, 0) is 9.53 Å². The number of esters is 1. The number of thiazole rings is 1. The molecule has 0 unspecified atom stereocenters. The maximum Gasteiger partial charge on any atom is 0.338 e. The van der Waals surface area contributed by atoms with Crippen LogP contribution in [-0.4, -0.2) is 35.0 Å². The van der Waals surface area contributed by atoms with E-state index >= 15 is 0 Å². The van der Waals surface area contributed by atoms with Crippen molar-refractivity contribution in [1.82, 2.24) is 10.3 Å². The second-order valence-electron chi connectivity index (χ2n) is 6.79. The first-order valence-corrected chi connectivity index (χ1v) is 8.80. The van der Waals surface area contributed by atoms with E-state index in [1.165, 1.54) is 16.2 Å². The van der Waals surface area contributed by atoms with Gasteiger partial charge in [0.2, 0.25) is 5.91 Å². The van der Waals surface area contributed by atoms with Crippen molar-refractivity contribution in [2.75, 3.05) is 11.4 Å². The van der Waals surface area contributed by atoms with Crippen LogP contribution in [0.2, 0.25) is 0 Å². The molecule has 8 heteroatoms. The molecule has 1 aromatic heterocycles. The Morgan fingerprint density at radius 2 is 2.08 bits per heavy atom. The van der Waals surface area contributed by atoms with Gasteiger partial charge < -0.3 is 4.74 Å². The third kappa shape index (κ3) is 3.96. The topological polar surface area (TPSA) is 88.6 Å². The average molecular weight is 361 g/mol. The predicted octanol–water partition coefficient (Wildman–Crippen LogP) is 3.09. The lowest BCUT2D eigenvalue weighted by molar-refractivity contribution is -0.119. The molecule has 1 N–H and O–H groups in total. The second-order valence-corrected chi connectivity index (χ2v) is 7.80. The number of urea groups is 1. The Balaban J connectivity index is 1.89. The van der Waals surface area contributed by atoms with Gasteiger partial charge in [0.25, 0.3) is 0 Å². The third-order valence-corrected chi connectivity index (χ3v) is 4.56. The first-order chi connectivity index (χ1) is 11.7. The van der Waals surface area contributed by atoms with E-state index in [0.29, 0.717) is 35.6 Å². The lowest BCUT2D eigenvalue weighted by Gasteiger charge is -2.19. The van der Waals surface area contributed by atoms with Crippen LogP contribution in [0.25, 0.3) is 10.2 Å². The van der Waals surface area contributed by atoms with Gasteiger partial charge in [-0.25, -0.2) is 14.6 Å². The third-order valence-electron chi connectivity index (χ3n) is 3.52. The Morgan fingerprint density at radius 3 is 2.80 bits per heavy atom. The van der Waals surface area contributed by atoms with Gasteiger partial charge >= 0.3 is 12.0 Å². The fourth-order valence-corrected chi connectivity index (χ4v) is 3.45. The summed E-state index contributed by atoms with van der Waals surface area (Å²) in [4.78, 5) is 41.7. The Hall–Kier alpha value is -2.48. The van der Waals surface area contributed by atoms with Crippen molar-refractivity contribution < 1.29 is 19.1 Å². The summed E-state index contributed by atoms with van der Waals surface area (Å²) in [5, 5.41) is 2.83.